The summed E-state index contributed by atoms with van der Waals surface area (Å²) >= 11 is 0. The van der Waals surface area contributed by atoms with Crippen LogP contribution in [0, 0.1) is 0 Å². The molecule has 2 heterocycles. The average molecular weight is 309 g/mol. The monoisotopic (exact) mass is 309 g/mol. The number of nitrogens with zero attached hydrogens (tertiary/aromatic N) is 1. The van der Waals surface area contributed by atoms with Crippen LogP contribution < -0.4 is 19.5 Å². The molecule has 112 valence electrons. The molecule has 0 spiro atoms. The van der Waals surface area contributed by atoms with E-state index < -0.39 is 10.0 Å². The highest BCUT2D eigenvalue weighted by molar-refractivity contribution is 7.89. The Balaban J connectivity index is 1.85. The smallest absolute Gasteiger partial charge is 0.231 e. The van der Waals surface area contributed by atoms with Gasteiger partial charge < -0.3 is 14.8 Å². The van der Waals surface area contributed by atoms with E-state index in [2.05, 4.69) is 15.0 Å². The molecule has 7 nitrogen and oxygen atoms in total. The van der Waals surface area contributed by atoms with Gasteiger partial charge in [-0.05, 0) is 30.6 Å². The number of fused-ring (bicyclic) bond motifs is 2. The SMILES string of the molecule is CNS(=O)(=O)CCNc1nccc2cc3c(cc12)OCO3. The summed E-state index contributed by atoms with van der Waals surface area (Å²) in [7, 11) is -1.84. The van der Waals surface area contributed by atoms with Crippen LogP contribution in [0.2, 0.25) is 0 Å². The molecular formula is C13H15N3O4S. The van der Waals surface area contributed by atoms with Crippen LogP contribution in [-0.4, -0.2) is 39.5 Å². The Hall–Kier alpha value is -2.06. The lowest BCUT2D eigenvalue weighted by atomic mass is 10.1. The quantitative estimate of drug-likeness (QED) is 0.854. The third-order valence-electron chi connectivity index (χ3n) is 3.23. The first-order valence-electron chi connectivity index (χ1n) is 6.42. The van der Waals surface area contributed by atoms with Gasteiger partial charge in [-0.15, -0.1) is 0 Å². The Morgan fingerprint density at radius 1 is 1.29 bits per heavy atom. The lowest BCUT2D eigenvalue weighted by molar-refractivity contribution is 0.174. The molecule has 0 atom stereocenters. The van der Waals surface area contributed by atoms with E-state index in [0.29, 0.717) is 17.3 Å². The van der Waals surface area contributed by atoms with E-state index in [1.54, 1.807) is 6.20 Å². The van der Waals surface area contributed by atoms with Gasteiger partial charge in [-0.1, -0.05) is 0 Å². The molecule has 1 aromatic carbocycles. The lowest BCUT2D eigenvalue weighted by Crippen LogP contribution is -2.26. The maximum absolute atomic E-state index is 11.4. The van der Waals surface area contributed by atoms with Crippen molar-refractivity contribution in [3.8, 4) is 11.5 Å². The van der Waals surface area contributed by atoms with Crippen molar-refractivity contribution >= 4 is 26.6 Å². The van der Waals surface area contributed by atoms with Crippen LogP contribution in [0.5, 0.6) is 11.5 Å². The summed E-state index contributed by atoms with van der Waals surface area (Å²) in [6, 6.07) is 5.60. The molecule has 2 N–H and O–H groups in total. The van der Waals surface area contributed by atoms with Crippen molar-refractivity contribution in [3.63, 3.8) is 0 Å². The van der Waals surface area contributed by atoms with Crippen LogP contribution in [0.25, 0.3) is 10.8 Å². The summed E-state index contributed by atoms with van der Waals surface area (Å²) in [6.07, 6.45) is 1.67. The molecule has 0 radical (unpaired) electrons. The highest BCUT2D eigenvalue weighted by Crippen LogP contribution is 2.37. The second-order valence-electron chi connectivity index (χ2n) is 4.54. The van der Waals surface area contributed by atoms with E-state index in [-0.39, 0.29) is 19.1 Å². The fourth-order valence-corrected chi connectivity index (χ4v) is 2.68. The molecule has 3 rings (SSSR count). The van der Waals surface area contributed by atoms with Crippen molar-refractivity contribution < 1.29 is 17.9 Å². The Bertz CT molecular complexity index is 776. The number of hydrogen-bond acceptors (Lipinski definition) is 6. The van der Waals surface area contributed by atoms with Gasteiger partial charge in [0.25, 0.3) is 0 Å². The second kappa shape index (κ2) is 5.38. The number of ether oxygens (including phenoxy) is 2. The minimum Gasteiger partial charge on any atom is -0.454 e. The fourth-order valence-electron chi connectivity index (χ4n) is 2.11. The van der Waals surface area contributed by atoms with Gasteiger partial charge >= 0.3 is 0 Å². The third kappa shape index (κ3) is 2.86. The summed E-state index contributed by atoms with van der Waals surface area (Å²) in [5.41, 5.74) is 0. The highest BCUT2D eigenvalue weighted by atomic mass is 32.2. The van der Waals surface area contributed by atoms with E-state index in [0.717, 1.165) is 10.8 Å². The highest BCUT2D eigenvalue weighted by Gasteiger charge is 2.16. The van der Waals surface area contributed by atoms with Gasteiger partial charge in [0.2, 0.25) is 16.8 Å². The normalized spacial score (nSPS) is 13.6. The molecule has 1 aromatic heterocycles. The van der Waals surface area contributed by atoms with Crippen LogP contribution in [0.1, 0.15) is 0 Å². The molecule has 0 unspecified atom stereocenters. The van der Waals surface area contributed by atoms with E-state index in [4.69, 9.17) is 9.47 Å². The zero-order valence-electron chi connectivity index (χ0n) is 11.4. The first-order chi connectivity index (χ1) is 10.1. The molecule has 1 aliphatic rings. The van der Waals surface area contributed by atoms with Gasteiger partial charge in [0.15, 0.2) is 11.5 Å². The first kappa shape index (κ1) is 13.9. The number of nitrogens with one attached hydrogen (secondary N) is 2. The first-order valence-corrected chi connectivity index (χ1v) is 8.08. The van der Waals surface area contributed by atoms with Crippen LogP contribution in [0.4, 0.5) is 5.82 Å². The Morgan fingerprint density at radius 3 is 2.81 bits per heavy atom. The molecule has 21 heavy (non-hydrogen) atoms. The lowest BCUT2D eigenvalue weighted by Gasteiger charge is -2.09. The summed E-state index contributed by atoms with van der Waals surface area (Å²) in [5.74, 6) is 1.97. The van der Waals surface area contributed by atoms with E-state index in [1.165, 1.54) is 7.05 Å². The molecule has 0 saturated carbocycles. The number of hydrogen-bond donors (Lipinski definition) is 2. The van der Waals surface area contributed by atoms with E-state index in [9.17, 15) is 8.42 Å². The molecular weight excluding hydrogens is 294 g/mol. The van der Waals surface area contributed by atoms with Crippen LogP contribution in [-0.2, 0) is 10.0 Å². The minimum atomic E-state index is -3.24. The Labute approximate surface area is 122 Å². The molecule has 0 saturated heterocycles. The zero-order chi connectivity index (χ0) is 14.9. The summed E-state index contributed by atoms with van der Waals surface area (Å²) < 4.78 is 35.8. The maximum Gasteiger partial charge on any atom is 0.231 e. The van der Waals surface area contributed by atoms with E-state index in [1.807, 2.05) is 18.2 Å². The summed E-state index contributed by atoms with van der Waals surface area (Å²) in [6.45, 7) is 0.478. The largest absolute Gasteiger partial charge is 0.454 e. The average Bonchev–Trinajstić information content (AvgIpc) is 2.92. The van der Waals surface area contributed by atoms with Crippen molar-refractivity contribution in [3.05, 3.63) is 24.4 Å². The van der Waals surface area contributed by atoms with E-state index >= 15 is 0 Å². The van der Waals surface area contributed by atoms with Crippen LogP contribution in [0.15, 0.2) is 24.4 Å². The predicted octanol–water partition coefficient (Wildman–Crippen LogP) is 0.925. The molecule has 0 fully saturated rings. The number of rotatable bonds is 5. The van der Waals surface area contributed by atoms with Crippen LogP contribution in [0.3, 0.4) is 0 Å². The fraction of sp³-hybridized carbons (Fsp3) is 0.308. The van der Waals surface area contributed by atoms with Gasteiger partial charge in [-0.3, -0.25) is 0 Å². The molecule has 8 heteroatoms. The zero-order valence-corrected chi connectivity index (χ0v) is 12.2. The van der Waals surface area contributed by atoms with Crippen molar-refractivity contribution in [1.82, 2.24) is 9.71 Å². The molecule has 0 amide bonds. The maximum atomic E-state index is 11.4. The standard InChI is InChI=1S/C13H15N3O4S/c1-14-21(17,18)5-4-16-13-10-7-12-11(19-8-20-12)6-9(10)2-3-15-13/h2-3,6-7,14H,4-5,8H2,1H3,(H,15,16). The van der Waals surface area contributed by atoms with Crippen molar-refractivity contribution in [2.75, 3.05) is 31.5 Å². The minimum absolute atomic E-state index is 0.0217. The van der Waals surface area contributed by atoms with Gasteiger partial charge in [-0.2, -0.15) is 0 Å². The Kier molecular flexibility index (Phi) is 3.56. The summed E-state index contributed by atoms with van der Waals surface area (Å²) in [5, 5.41) is 4.86. The van der Waals surface area contributed by atoms with Crippen molar-refractivity contribution in [2.45, 2.75) is 0 Å². The number of anilines is 1. The van der Waals surface area contributed by atoms with Crippen molar-refractivity contribution in [1.29, 1.82) is 0 Å². The summed E-state index contributed by atoms with van der Waals surface area (Å²) in [4.78, 5) is 4.26. The van der Waals surface area contributed by atoms with Crippen molar-refractivity contribution in [2.24, 2.45) is 0 Å². The molecule has 0 bridgehead atoms. The number of sulfonamides is 1. The molecule has 2 aromatic rings. The second-order valence-corrected chi connectivity index (χ2v) is 6.58. The predicted molar refractivity (Wildman–Crippen MR) is 79.2 cm³/mol. The number of pyridine rings is 1. The number of benzene rings is 1. The van der Waals surface area contributed by atoms with Gasteiger partial charge in [0.05, 0.1) is 5.75 Å². The Morgan fingerprint density at radius 2 is 2.05 bits per heavy atom. The third-order valence-corrected chi connectivity index (χ3v) is 4.60. The van der Waals surface area contributed by atoms with Gasteiger partial charge in [0, 0.05) is 18.1 Å². The topological polar surface area (TPSA) is 89.6 Å². The van der Waals surface area contributed by atoms with Gasteiger partial charge in [0.1, 0.15) is 5.82 Å². The molecule has 1 aliphatic heterocycles. The number of aromatic nitrogens is 1. The molecule has 0 aliphatic carbocycles. The van der Waals surface area contributed by atoms with Crippen LogP contribution >= 0.6 is 0 Å². The van der Waals surface area contributed by atoms with Gasteiger partial charge in [-0.25, -0.2) is 18.1 Å².